The van der Waals surface area contributed by atoms with Gasteiger partial charge in [-0.3, -0.25) is 9.59 Å². The van der Waals surface area contributed by atoms with Crippen LogP contribution in [0.4, 0.5) is 13.2 Å². The topological polar surface area (TPSA) is 76.7 Å². The van der Waals surface area contributed by atoms with Crippen LogP contribution in [0.1, 0.15) is 37.7 Å². The lowest BCUT2D eigenvalue weighted by molar-refractivity contribution is -0.136. The molecule has 7 nitrogen and oxygen atoms in total. The van der Waals surface area contributed by atoms with E-state index in [9.17, 15) is 22.8 Å². The van der Waals surface area contributed by atoms with Crippen molar-refractivity contribution in [3.05, 3.63) is 35.9 Å². The molecule has 3 heterocycles. The number of benzene rings is 1. The number of nitrogens with one attached hydrogen (secondary N) is 3. The number of nitrogens with zero attached hydrogens (tertiary/aromatic N) is 2. The van der Waals surface area contributed by atoms with Crippen LogP contribution in [0.25, 0.3) is 6.08 Å². The van der Waals surface area contributed by atoms with Crippen molar-refractivity contribution in [3.8, 4) is 0 Å². The van der Waals surface area contributed by atoms with E-state index in [0.29, 0.717) is 42.6 Å². The zero-order chi connectivity index (χ0) is 25.3. The number of alkyl halides is 3. The highest BCUT2D eigenvalue weighted by Crippen LogP contribution is 2.37. The molecule has 1 saturated carbocycles. The fraction of sp³-hybridized carbons (Fsp3) is 0.600. The first-order chi connectivity index (χ1) is 17.2. The number of carbonyl (C=O) groups excluding carboxylic acids is 2. The minimum atomic E-state index is -4.31. The van der Waals surface area contributed by atoms with E-state index in [1.54, 1.807) is 18.2 Å². The molecule has 5 atom stereocenters. The lowest BCUT2D eigenvalue weighted by Gasteiger charge is -2.32. The maximum absolute atomic E-state index is 13.2. The van der Waals surface area contributed by atoms with E-state index < -0.39 is 5.51 Å². The highest BCUT2D eigenvalue weighted by atomic mass is 32.2. The van der Waals surface area contributed by atoms with E-state index >= 15 is 0 Å². The molecule has 4 aliphatic rings. The SMILES string of the molecule is O=C(/C=C/c1ccc(SC(F)(F)F)cc1)N1CC[C@@H]2CN(C(=O)C3CCC4NNNC4C3)C[C@@H]2CC1. The Morgan fingerprint density at radius 3 is 2.25 bits per heavy atom. The van der Waals surface area contributed by atoms with E-state index in [1.807, 2.05) is 4.90 Å². The quantitative estimate of drug-likeness (QED) is 0.416. The number of hydrogen-bond donors (Lipinski definition) is 3. The van der Waals surface area contributed by atoms with Crippen LogP contribution in [0.15, 0.2) is 35.2 Å². The monoisotopic (exact) mass is 523 g/mol. The van der Waals surface area contributed by atoms with Crippen molar-refractivity contribution >= 4 is 29.7 Å². The van der Waals surface area contributed by atoms with Gasteiger partial charge in [0, 0.05) is 55.2 Å². The predicted molar refractivity (Wildman–Crippen MR) is 131 cm³/mol. The fourth-order valence-electron chi connectivity index (χ4n) is 6.01. The highest BCUT2D eigenvalue weighted by Gasteiger charge is 2.42. The number of carbonyl (C=O) groups is 2. The van der Waals surface area contributed by atoms with Crippen molar-refractivity contribution in [2.45, 2.75) is 54.6 Å². The molecule has 1 aliphatic carbocycles. The summed E-state index contributed by atoms with van der Waals surface area (Å²) in [5.74, 6) is 1.11. The Labute approximate surface area is 213 Å². The first kappa shape index (κ1) is 25.6. The van der Waals surface area contributed by atoms with Gasteiger partial charge in [-0.25, -0.2) is 10.9 Å². The summed E-state index contributed by atoms with van der Waals surface area (Å²) in [5.41, 5.74) is 5.79. The standard InChI is InChI=1S/C25H32F3N5O2S/c26-25(27,28)36-20-5-1-16(2-6-20)3-8-23(34)32-11-9-18-14-33(15-19(18)10-12-32)24(35)17-4-7-21-22(13-17)30-31-29-21/h1-3,5-6,8,17-19,21-22,29-31H,4,7,9-15H2/b8-3+/t17?,18-,19+,21?,22?. The number of fused-ring (bicyclic) bond motifs is 2. The minimum absolute atomic E-state index is 0.0760. The average molecular weight is 524 g/mol. The lowest BCUT2D eigenvalue weighted by atomic mass is 9.82. The van der Waals surface area contributed by atoms with Crippen LogP contribution < -0.4 is 16.4 Å². The Morgan fingerprint density at radius 1 is 0.917 bits per heavy atom. The second kappa shape index (κ2) is 10.7. The van der Waals surface area contributed by atoms with Gasteiger partial charge in [0.1, 0.15) is 0 Å². The number of likely N-dealkylation sites (tertiary alicyclic amines) is 2. The molecule has 0 spiro atoms. The van der Waals surface area contributed by atoms with Crippen LogP contribution in [-0.2, 0) is 9.59 Å². The molecule has 11 heteroatoms. The smallest absolute Gasteiger partial charge is 0.342 e. The first-order valence-corrected chi connectivity index (χ1v) is 13.4. The molecule has 5 rings (SSSR count). The van der Waals surface area contributed by atoms with Gasteiger partial charge in [-0.15, -0.1) is 0 Å². The summed E-state index contributed by atoms with van der Waals surface area (Å²) >= 11 is -0.151. The van der Waals surface area contributed by atoms with Crippen molar-refractivity contribution in [2.75, 3.05) is 26.2 Å². The summed E-state index contributed by atoms with van der Waals surface area (Å²) in [6, 6.07) is 6.67. The largest absolute Gasteiger partial charge is 0.446 e. The third-order valence-electron chi connectivity index (χ3n) is 7.99. The molecule has 3 saturated heterocycles. The number of thioether (sulfide) groups is 1. The van der Waals surface area contributed by atoms with E-state index in [2.05, 4.69) is 21.3 Å². The Bertz CT molecular complexity index is 973. The summed E-state index contributed by atoms with van der Waals surface area (Å²) in [6.45, 7) is 2.86. The van der Waals surface area contributed by atoms with Crippen molar-refractivity contribution < 1.29 is 22.8 Å². The van der Waals surface area contributed by atoms with E-state index in [0.717, 1.165) is 45.2 Å². The van der Waals surface area contributed by atoms with Crippen LogP contribution in [-0.4, -0.2) is 65.4 Å². The van der Waals surface area contributed by atoms with Crippen LogP contribution in [0.2, 0.25) is 0 Å². The normalized spacial score (nSPS) is 30.8. The Morgan fingerprint density at radius 2 is 1.58 bits per heavy atom. The molecular formula is C25H32F3N5O2S. The first-order valence-electron chi connectivity index (χ1n) is 12.6. The van der Waals surface area contributed by atoms with Gasteiger partial charge >= 0.3 is 5.51 Å². The number of hydrazine groups is 2. The van der Waals surface area contributed by atoms with Crippen molar-refractivity contribution in [2.24, 2.45) is 17.8 Å². The van der Waals surface area contributed by atoms with Crippen molar-refractivity contribution in [1.82, 2.24) is 26.2 Å². The van der Waals surface area contributed by atoms with Gasteiger partial charge in [0.2, 0.25) is 11.8 Å². The molecule has 4 fully saturated rings. The summed E-state index contributed by atoms with van der Waals surface area (Å²) in [7, 11) is 0. The van der Waals surface area contributed by atoms with Crippen molar-refractivity contribution in [3.63, 3.8) is 0 Å². The van der Waals surface area contributed by atoms with Gasteiger partial charge in [0.25, 0.3) is 0 Å². The van der Waals surface area contributed by atoms with Gasteiger partial charge in [0.05, 0.1) is 0 Å². The third kappa shape index (κ3) is 6.07. The van der Waals surface area contributed by atoms with Gasteiger partial charge in [-0.05, 0) is 79.5 Å². The maximum Gasteiger partial charge on any atom is 0.446 e. The van der Waals surface area contributed by atoms with Gasteiger partial charge in [-0.1, -0.05) is 12.1 Å². The highest BCUT2D eigenvalue weighted by molar-refractivity contribution is 8.00. The summed E-state index contributed by atoms with van der Waals surface area (Å²) in [4.78, 5) is 30.0. The van der Waals surface area contributed by atoms with Crippen molar-refractivity contribution in [1.29, 1.82) is 0 Å². The number of hydrogen-bond acceptors (Lipinski definition) is 6. The van der Waals surface area contributed by atoms with Gasteiger partial charge in [-0.2, -0.15) is 18.7 Å². The number of halogens is 3. The maximum atomic E-state index is 13.2. The molecule has 2 amide bonds. The third-order valence-corrected chi connectivity index (χ3v) is 8.73. The molecule has 36 heavy (non-hydrogen) atoms. The Balaban J connectivity index is 1.10. The summed E-state index contributed by atoms with van der Waals surface area (Å²) in [5, 5.41) is 0. The molecule has 0 aromatic heterocycles. The fourth-order valence-corrected chi connectivity index (χ4v) is 6.55. The molecule has 3 N–H and O–H groups in total. The zero-order valence-corrected chi connectivity index (χ0v) is 20.8. The molecule has 0 bridgehead atoms. The van der Waals surface area contributed by atoms with Crippen LogP contribution in [0, 0.1) is 17.8 Å². The van der Waals surface area contributed by atoms with Crippen LogP contribution in [0.5, 0.6) is 0 Å². The number of rotatable bonds is 4. The lowest BCUT2D eigenvalue weighted by Crippen LogP contribution is -2.45. The molecule has 1 aromatic carbocycles. The second-order valence-corrected chi connectivity index (χ2v) is 11.4. The zero-order valence-electron chi connectivity index (χ0n) is 20.0. The molecule has 3 unspecified atom stereocenters. The second-order valence-electron chi connectivity index (χ2n) is 10.3. The van der Waals surface area contributed by atoms with E-state index in [-0.39, 0.29) is 34.4 Å². The van der Waals surface area contributed by atoms with Crippen LogP contribution >= 0.6 is 11.8 Å². The summed E-state index contributed by atoms with van der Waals surface area (Å²) in [6.07, 6.45) is 7.66. The van der Waals surface area contributed by atoms with Gasteiger partial charge in [0.15, 0.2) is 0 Å². The van der Waals surface area contributed by atoms with Crippen LogP contribution in [0.3, 0.4) is 0 Å². The average Bonchev–Trinajstić information content (AvgIpc) is 3.44. The van der Waals surface area contributed by atoms with E-state index in [4.69, 9.17) is 0 Å². The number of amides is 2. The molecule has 0 radical (unpaired) electrons. The summed E-state index contributed by atoms with van der Waals surface area (Å²) < 4.78 is 37.4. The Kier molecular flexibility index (Phi) is 7.62. The molecule has 1 aromatic rings. The predicted octanol–water partition coefficient (Wildman–Crippen LogP) is 3.16. The van der Waals surface area contributed by atoms with E-state index in [1.165, 1.54) is 18.2 Å². The van der Waals surface area contributed by atoms with Gasteiger partial charge < -0.3 is 9.80 Å². The molecular weight excluding hydrogens is 491 g/mol. The molecule has 196 valence electrons. The molecule has 3 aliphatic heterocycles. The minimum Gasteiger partial charge on any atom is -0.342 e. The Hall–Kier alpha value is -2.08.